The summed E-state index contributed by atoms with van der Waals surface area (Å²) in [6, 6.07) is 13.8. The molecule has 0 fully saturated rings. The molecule has 2 aromatic rings. The summed E-state index contributed by atoms with van der Waals surface area (Å²) in [6.45, 7) is 5.44. The number of nitrogens with one attached hydrogen (secondary N) is 1. The number of benzene rings is 2. The van der Waals surface area contributed by atoms with Gasteiger partial charge in [0, 0.05) is 17.8 Å². The Morgan fingerprint density at radius 2 is 1.74 bits per heavy atom. The lowest BCUT2D eigenvalue weighted by Gasteiger charge is -2.19. The van der Waals surface area contributed by atoms with Crippen molar-refractivity contribution in [3.05, 3.63) is 65.5 Å². The van der Waals surface area contributed by atoms with Crippen LogP contribution in [0.2, 0.25) is 0 Å². The maximum atomic E-state index is 13.6. The van der Waals surface area contributed by atoms with Gasteiger partial charge in [-0.2, -0.15) is 0 Å². The molecule has 0 aliphatic heterocycles. The first kappa shape index (κ1) is 17.5. The Bertz CT molecular complexity index is 780. The molecule has 0 amide bonds. The van der Waals surface area contributed by atoms with E-state index < -0.39 is 14.6 Å². The molecule has 0 bridgehead atoms. The Hall–Kier alpha value is -1.88. The highest BCUT2D eigenvalue weighted by Gasteiger charge is 2.28. The topological polar surface area (TPSA) is 46.2 Å². The van der Waals surface area contributed by atoms with Gasteiger partial charge >= 0.3 is 0 Å². The normalized spacial score (nSPS) is 12.2. The standard InChI is InChI=1S/C18H22FNO2S/c1-18(2,3)23(21,22)13-14-7-6-9-16(11-14)20-12-15-8-4-5-10-17(15)19/h4-11,20H,12-13H2,1-3H3. The zero-order chi connectivity index (χ0) is 17.1. The molecule has 0 atom stereocenters. The van der Waals surface area contributed by atoms with E-state index in [9.17, 15) is 12.8 Å². The molecule has 3 nitrogen and oxygen atoms in total. The van der Waals surface area contributed by atoms with Crippen LogP contribution in [0.15, 0.2) is 48.5 Å². The molecule has 23 heavy (non-hydrogen) atoms. The average Bonchev–Trinajstić information content (AvgIpc) is 2.45. The third kappa shape index (κ3) is 4.55. The average molecular weight is 335 g/mol. The molecule has 2 aromatic carbocycles. The molecule has 0 aromatic heterocycles. The van der Waals surface area contributed by atoms with E-state index in [0.29, 0.717) is 12.1 Å². The largest absolute Gasteiger partial charge is 0.381 e. The van der Waals surface area contributed by atoms with Crippen LogP contribution in [0.5, 0.6) is 0 Å². The summed E-state index contributed by atoms with van der Waals surface area (Å²) < 4.78 is 37.4. The van der Waals surface area contributed by atoms with Gasteiger partial charge in [-0.1, -0.05) is 30.3 Å². The van der Waals surface area contributed by atoms with Crippen molar-refractivity contribution in [3.63, 3.8) is 0 Å². The highest BCUT2D eigenvalue weighted by Crippen LogP contribution is 2.22. The minimum absolute atomic E-state index is 0.00822. The van der Waals surface area contributed by atoms with Crippen molar-refractivity contribution in [3.8, 4) is 0 Å². The monoisotopic (exact) mass is 335 g/mol. The van der Waals surface area contributed by atoms with Crippen molar-refractivity contribution in [2.75, 3.05) is 5.32 Å². The molecule has 0 spiro atoms. The van der Waals surface area contributed by atoms with E-state index in [4.69, 9.17) is 0 Å². The van der Waals surface area contributed by atoms with Gasteiger partial charge in [-0.15, -0.1) is 0 Å². The molecule has 2 rings (SSSR count). The lowest BCUT2D eigenvalue weighted by atomic mass is 10.2. The first-order valence-electron chi connectivity index (χ1n) is 7.47. The molecular weight excluding hydrogens is 313 g/mol. The van der Waals surface area contributed by atoms with Crippen LogP contribution in [0.4, 0.5) is 10.1 Å². The lowest BCUT2D eigenvalue weighted by molar-refractivity contribution is 0.559. The summed E-state index contributed by atoms with van der Waals surface area (Å²) in [7, 11) is -3.23. The lowest BCUT2D eigenvalue weighted by Crippen LogP contribution is -2.29. The number of sulfone groups is 1. The Morgan fingerprint density at radius 3 is 2.39 bits per heavy atom. The van der Waals surface area contributed by atoms with Crippen LogP contribution in [-0.4, -0.2) is 13.2 Å². The molecule has 0 saturated heterocycles. The van der Waals surface area contributed by atoms with E-state index in [-0.39, 0.29) is 11.6 Å². The first-order chi connectivity index (χ1) is 10.7. The van der Waals surface area contributed by atoms with Crippen LogP contribution in [0.3, 0.4) is 0 Å². The van der Waals surface area contributed by atoms with Gasteiger partial charge in [0.15, 0.2) is 9.84 Å². The number of rotatable bonds is 5. The summed E-state index contributed by atoms with van der Waals surface area (Å²) in [5.74, 6) is -0.266. The molecule has 124 valence electrons. The van der Waals surface area contributed by atoms with Gasteiger partial charge in [-0.25, -0.2) is 12.8 Å². The number of anilines is 1. The van der Waals surface area contributed by atoms with Gasteiger partial charge in [0.1, 0.15) is 5.82 Å². The molecule has 0 radical (unpaired) electrons. The fourth-order valence-corrected chi connectivity index (χ4v) is 3.10. The van der Waals surface area contributed by atoms with Gasteiger partial charge in [0.05, 0.1) is 10.5 Å². The SMILES string of the molecule is CC(C)(C)S(=O)(=O)Cc1cccc(NCc2ccccc2F)c1. The van der Waals surface area contributed by atoms with Crippen molar-refractivity contribution in [1.82, 2.24) is 0 Å². The fraction of sp³-hybridized carbons (Fsp3) is 0.333. The molecule has 0 aliphatic carbocycles. The minimum Gasteiger partial charge on any atom is -0.381 e. The summed E-state index contributed by atoms with van der Waals surface area (Å²) in [6.07, 6.45) is 0. The number of hydrogen-bond acceptors (Lipinski definition) is 3. The fourth-order valence-electron chi connectivity index (χ4n) is 2.05. The van der Waals surface area contributed by atoms with Gasteiger partial charge in [0.25, 0.3) is 0 Å². The van der Waals surface area contributed by atoms with E-state index >= 15 is 0 Å². The van der Waals surface area contributed by atoms with Crippen molar-refractivity contribution in [1.29, 1.82) is 0 Å². The third-order valence-electron chi connectivity index (χ3n) is 3.66. The zero-order valence-electron chi connectivity index (χ0n) is 13.6. The molecule has 5 heteroatoms. The van der Waals surface area contributed by atoms with Gasteiger partial charge in [-0.05, 0) is 44.5 Å². The molecule has 0 unspecified atom stereocenters. The van der Waals surface area contributed by atoms with E-state index in [1.165, 1.54) is 6.07 Å². The van der Waals surface area contributed by atoms with Crippen molar-refractivity contribution < 1.29 is 12.8 Å². The smallest absolute Gasteiger partial charge is 0.159 e. The maximum Gasteiger partial charge on any atom is 0.159 e. The van der Waals surface area contributed by atoms with E-state index in [1.54, 1.807) is 57.2 Å². The van der Waals surface area contributed by atoms with Crippen molar-refractivity contribution >= 4 is 15.5 Å². The molecule has 0 saturated carbocycles. The quantitative estimate of drug-likeness (QED) is 0.893. The van der Waals surface area contributed by atoms with Crippen LogP contribution in [0.25, 0.3) is 0 Å². The number of halogens is 1. The van der Waals surface area contributed by atoms with Crippen molar-refractivity contribution in [2.45, 2.75) is 37.8 Å². The first-order valence-corrected chi connectivity index (χ1v) is 9.13. The zero-order valence-corrected chi connectivity index (χ0v) is 14.5. The van der Waals surface area contributed by atoms with Gasteiger partial charge in [-0.3, -0.25) is 0 Å². The van der Waals surface area contributed by atoms with Crippen LogP contribution >= 0.6 is 0 Å². The van der Waals surface area contributed by atoms with E-state index in [2.05, 4.69) is 5.32 Å². The highest BCUT2D eigenvalue weighted by atomic mass is 32.2. The van der Waals surface area contributed by atoms with Crippen LogP contribution in [0, 0.1) is 5.82 Å². The van der Waals surface area contributed by atoms with Gasteiger partial charge in [0.2, 0.25) is 0 Å². The predicted octanol–water partition coefficient (Wildman–Crippen LogP) is 4.15. The second-order valence-electron chi connectivity index (χ2n) is 6.52. The Kier molecular flexibility index (Phi) is 5.09. The Labute approximate surface area is 137 Å². The predicted molar refractivity (Wildman–Crippen MR) is 92.5 cm³/mol. The second kappa shape index (κ2) is 6.71. The second-order valence-corrected chi connectivity index (χ2v) is 9.26. The Balaban J connectivity index is 2.10. The van der Waals surface area contributed by atoms with E-state index in [1.807, 2.05) is 6.07 Å². The maximum absolute atomic E-state index is 13.6. The van der Waals surface area contributed by atoms with Crippen LogP contribution in [-0.2, 0) is 22.1 Å². The molecule has 1 N–H and O–H groups in total. The van der Waals surface area contributed by atoms with Gasteiger partial charge < -0.3 is 5.32 Å². The minimum atomic E-state index is -3.23. The summed E-state index contributed by atoms with van der Waals surface area (Å²) in [5, 5.41) is 3.13. The van der Waals surface area contributed by atoms with Crippen LogP contribution < -0.4 is 5.32 Å². The van der Waals surface area contributed by atoms with Crippen molar-refractivity contribution in [2.24, 2.45) is 0 Å². The summed E-state index contributed by atoms with van der Waals surface area (Å²) >= 11 is 0. The molecular formula is C18H22FNO2S. The Morgan fingerprint density at radius 1 is 1.04 bits per heavy atom. The highest BCUT2D eigenvalue weighted by molar-refractivity contribution is 7.91. The van der Waals surface area contributed by atoms with Crippen LogP contribution in [0.1, 0.15) is 31.9 Å². The third-order valence-corrected chi connectivity index (χ3v) is 6.24. The summed E-state index contributed by atoms with van der Waals surface area (Å²) in [5.41, 5.74) is 2.06. The molecule has 0 heterocycles. The van der Waals surface area contributed by atoms with E-state index in [0.717, 1.165) is 11.3 Å². The molecule has 0 aliphatic rings. The number of hydrogen-bond donors (Lipinski definition) is 1. The summed E-state index contributed by atoms with van der Waals surface area (Å²) in [4.78, 5) is 0.